The number of hydrogen-bond acceptors (Lipinski definition) is 3. The maximum absolute atomic E-state index is 11.0. The lowest BCUT2D eigenvalue weighted by Crippen LogP contribution is -2.33. The monoisotopic (exact) mass is 267 g/mol. The molecule has 1 aliphatic rings. The maximum Gasteiger partial charge on any atom is 0.305 e. The number of aliphatic carboxylic acids is 1. The van der Waals surface area contributed by atoms with Gasteiger partial charge in [0.15, 0.2) is 0 Å². The molecule has 1 heterocycles. The van der Waals surface area contributed by atoms with Crippen LogP contribution in [-0.4, -0.2) is 17.1 Å². The SMILES string of the molecule is O=C(O)CC(NC1CCCCCC1)c1cccs1. The number of rotatable bonds is 5. The maximum atomic E-state index is 11.0. The van der Waals surface area contributed by atoms with Crippen LogP contribution >= 0.6 is 11.3 Å². The molecule has 1 unspecified atom stereocenters. The first-order valence-electron chi connectivity index (χ1n) is 6.77. The van der Waals surface area contributed by atoms with Gasteiger partial charge in [-0.25, -0.2) is 0 Å². The summed E-state index contributed by atoms with van der Waals surface area (Å²) in [5.74, 6) is -0.727. The molecule has 0 spiro atoms. The minimum atomic E-state index is -0.727. The van der Waals surface area contributed by atoms with Gasteiger partial charge < -0.3 is 10.4 Å². The Morgan fingerprint density at radius 2 is 2.11 bits per heavy atom. The summed E-state index contributed by atoms with van der Waals surface area (Å²) in [7, 11) is 0. The van der Waals surface area contributed by atoms with Gasteiger partial charge >= 0.3 is 5.97 Å². The topological polar surface area (TPSA) is 49.3 Å². The van der Waals surface area contributed by atoms with Gasteiger partial charge in [0.2, 0.25) is 0 Å². The zero-order valence-electron chi connectivity index (χ0n) is 10.6. The van der Waals surface area contributed by atoms with Crippen LogP contribution in [0.25, 0.3) is 0 Å². The van der Waals surface area contributed by atoms with Crippen molar-refractivity contribution in [1.82, 2.24) is 5.32 Å². The first-order valence-corrected chi connectivity index (χ1v) is 7.65. The van der Waals surface area contributed by atoms with Gasteiger partial charge in [0.25, 0.3) is 0 Å². The molecule has 0 radical (unpaired) electrons. The van der Waals surface area contributed by atoms with E-state index in [9.17, 15) is 4.79 Å². The van der Waals surface area contributed by atoms with Gasteiger partial charge in [-0.15, -0.1) is 11.3 Å². The highest BCUT2D eigenvalue weighted by Crippen LogP contribution is 2.25. The Balaban J connectivity index is 1.97. The van der Waals surface area contributed by atoms with Crippen molar-refractivity contribution in [3.05, 3.63) is 22.4 Å². The summed E-state index contributed by atoms with van der Waals surface area (Å²) < 4.78 is 0. The summed E-state index contributed by atoms with van der Waals surface area (Å²) >= 11 is 1.64. The average Bonchev–Trinajstić information content (AvgIpc) is 2.74. The van der Waals surface area contributed by atoms with E-state index in [4.69, 9.17) is 5.11 Å². The molecule has 1 atom stereocenters. The molecular weight excluding hydrogens is 246 g/mol. The highest BCUT2D eigenvalue weighted by molar-refractivity contribution is 7.10. The quantitative estimate of drug-likeness (QED) is 0.802. The molecule has 1 aliphatic carbocycles. The number of nitrogens with one attached hydrogen (secondary N) is 1. The second-order valence-corrected chi connectivity index (χ2v) is 6.00. The lowest BCUT2D eigenvalue weighted by molar-refractivity contribution is -0.137. The Morgan fingerprint density at radius 1 is 1.39 bits per heavy atom. The average molecular weight is 267 g/mol. The number of carboxylic acid groups (broad SMARTS) is 1. The third-order valence-corrected chi connectivity index (χ3v) is 4.54. The van der Waals surface area contributed by atoms with Crippen LogP contribution in [-0.2, 0) is 4.79 Å². The molecule has 1 aromatic rings. The third-order valence-electron chi connectivity index (χ3n) is 3.56. The van der Waals surface area contributed by atoms with E-state index in [-0.39, 0.29) is 12.5 Å². The number of thiophene rings is 1. The molecule has 0 saturated heterocycles. The smallest absolute Gasteiger partial charge is 0.305 e. The molecule has 0 amide bonds. The summed E-state index contributed by atoms with van der Waals surface area (Å²) in [5.41, 5.74) is 0. The van der Waals surface area contributed by atoms with Crippen LogP contribution in [0, 0.1) is 0 Å². The molecule has 2 N–H and O–H groups in total. The molecule has 4 heteroatoms. The van der Waals surface area contributed by atoms with Crippen LogP contribution in [0.15, 0.2) is 17.5 Å². The van der Waals surface area contributed by atoms with Crippen molar-refractivity contribution < 1.29 is 9.90 Å². The highest BCUT2D eigenvalue weighted by atomic mass is 32.1. The van der Waals surface area contributed by atoms with Gasteiger partial charge in [-0.2, -0.15) is 0 Å². The minimum Gasteiger partial charge on any atom is -0.481 e. The van der Waals surface area contributed by atoms with Gasteiger partial charge in [0.05, 0.1) is 12.5 Å². The molecule has 0 bridgehead atoms. The number of carbonyl (C=O) groups is 1. The zero-order valence-corrected chi connectivity index (χ0v) is 11.4. The molecule has 1 saturated carbocycles. The third kappa shape index (κ3) is 4.10. The van der Waals surface area contributed by atoms with E-state index >= 15 is 0 Å². The Morgan fingerprint density at radius 3 is 2.67 bits per heavy atom. The first-order chi connectivity index (χ1) is 8.75. The second-order valence-electron chi connectivity index (χ2n) is 5.02. The van der Waals surface area contributed by atoms with Crippen LogP contribution in [0.5, 0.6) is 0 Å². The van der Waals surface area contributed by atoms with E-state index < -0.39 is 5.97 Å². The fraction of sp³-hybridized carbons (Fsp3) is 0.643. The fourth-order valence-electron chi connectivity index (χ4n) is 2.64. The Labute approximate surface area is 112 Å². The van der Waals surface area contributed by atoms with E-state index in [1.54, 1.807) is 11.3 Å². The molecular formula is C14H21NO2S. The van der Waals surface area contributed by atoms with Gasteiger partial charge in [0.1, 0.15) is 0 Å². The van der Waals surface area contributed by atoms with Crippen LogP contribution < -0.4 is 5.32 Å². The van der Waals surface area contributed by atoms with Crippen LogP contribution in [0.4, 0.5) is 0 Å². The zero-order chi connectivity index (χ0) is 12.8. The van der Waals surface area contributed by atoms with Gasteiger partial charge in [-0.05, 0) is 24.3 Å². The summed E-state index contributed by atoms with van der Waals surface area (Å²) in [6.45, 7) is 0. The second kappa shape index (κ2) is 6.90. The van der Waals surface area contributed by atoms with Crippen molar-refractivity contribution in [3.8, 4) is 0 Å². The van der Waals surface area contributed by atoms with E-state index in [0.29, 0.717) is 6.04 Å². The van der Waals surface area contributed by atoms with E-state index in [1.165, 1.54) is 38.5 Å². The van der Waals surface area contributed by atoms with Crippen molar-refractivity contribution >= 4 is 17.3 Å². The van der Waals surface area contributed by atoms with Crippen molar-refractivity contribution in [2.24, 2.45) is 0 Å². The Kier molecular flexibility index (Phi) is 5.20. The first kappa shape index (κ1) is 13.6. The van der Waals surface area contributed by atoms with Gasteiger partial charge in [-0.3, -0.25) is 4.79 Å². The van der Waals surface area contributed by atoms with Crippen molar-refractivity contribution in [1.29, 1.82) is 0 Å². The predicted molar refractivity (Wildman–Crippen MR) is 73.9 cm³/mol. The van der Waals surface area contributed by atoms with E-state index in [2.05, 4.69) is 5.32 Å². The van der Waals surface area contributed by atoms with Gasteiger partial charge in [0, 0.05) is 10.9 Å². The van der Waals surface area contributed by atoms with Crippen molar-refractivity contribution in [3.63, 3.8) is 0 Å². The van der Waals surface area contributed by atoms with E-state index in [1.807, 2.05) is 17.5 Å². The molecule has 100 valence electrons. The van der Waals surface area contributed by atoms with Crippen molar-refractivity contribution in [2.45, 2.75) is 57.0 Å². The lowest BCUT2D eigenvalue weighted by atomic mass is 10.1. The highest BCUT2D eigenvalue weighted by Gasteiger charge is 2.21. The molecule has 2 rings (SSSR count). The number of carboxylic acids is 1. The van der Waals surface area contributed by atoms with Crippen molar-refractivity contribution in [2.75, 3.05) is 0 Å². The molecule has 1 aromatic heterocycles. The van der Waals surface area contributed by atoms with E-state index in [0.717, 1.165) is 4.88 Å². The van der Waals surface area contributed by atoms with Crippen LogP contribution in [0.3, 0.4) is 0 Å². The lowest BCUT2D eigenvalue weighted by Gasteiger charge is -2.23. The fourth-order valence-corrected chi connectivity index (χ4v) is 3.42. The Bertz CT molecular complexity index is 356. The molecule has 0 aliphatic heterocycles. The normalized spacial score (nSPS) is 19.3. The summed E-state index contributed by atoms with van der Waals surface area (Å²) in [6, 6.07) is 4.48. The van der Waals surface area contributed by atoms with Gasteiger partial charge in [-0.1, -0.05) is 31.7 Å². The molecule has 0 aromatic carbocycles. The van der Waals surface area contributed by atoms with Crippen LogP contribution in [0.2, 0.25) is 0 Å². The minimum absolute atomic E-state index is 0.0226. The summed E-state index contributed by atoms with van der Waals surface area (Å²) in [5, 5.41) is 14.6. The number of hydrogen-bond donors (Lipinski definition) is 2. The van der Waals surface area contributed by atoms with Crippen LogP contribution in [0.1, 0.15) is 55.9 Å². The predicted octanol–water partition coefficient (Wildman–Crippen LogP) is 3.58. The standard InChI is InChI=1S/C14H21NO2S/c16-14(17)10-12(13-8-5-9-18-13)15-11-6-3-1-2-4-7-11/h5,8-9,11-12,15H,1-4,6-7,10H2,(H,16,17). The molecule has 3 nitrogen and oxygen atoms in total. The summed E-state index contributed by atoms with van der Waals surface area (Å²) in [4.78, 5) is 12.1. The molecule has 1 fully saturated rings. The summed E-state index contributed by atoms with van der Waals surface area (Å²) in [6.07, 6.45) is 7.71. The Hall–Kier alpha value is -0.870. The molecule has 18 heavy (non-hydrogen) atoms. The largest absolute Gasteiger partial charge is 0.481 e.